The van der Waals surface area contributed by atoms with Crippen LogP contribution in [0.5, 0.6) is 5.75 Å². The topological polar surface area (TPSA) is 66.9 Å². The second kappa shape index (κ2) is 8.82. The van der Waals surface area contributed by atoms with Crippen LogP contribution < -0.4 is 4.74 Å². The third-order valence-corrected chi connectivity index (χ3v) is 7.89. The first kappa shape index (κ1) is 21.1. The highest BCUT2D eigenvalue weighted by molar-refractivity contribution is 7.91. The van der Waals surface area contributed by atoms with Crippen molar-refractivity contribution in [3.63, 3.8) is 0 Å². The van der Waals surface area contributed by atoms with Crippen LogP contribution in [-0.2, 0) is 14.6 Å². The van der Waals surface area contributed by atoms with Gasteiger partial charge < -0.3 is 9.64 Å². The average Bonchev–Trinajstić information content (AvgIpc) is 3.27. The lowest BCUT2D eigenvalue weighted by Gasteiger charge is -2.36. The Bertz CT molecular complexity index is 795. The molecule has 1 aromatic carbocycles. The summed E-state index contributed by atoms with van der Waals surface area (Å²) in [6.45, 7) is 5.28. The summed E-state index contributed by atoms with van der Waals surface area (Å²) >= 11 is 0. The number of carbonyl (C=O) groups is 1. The number of benzene rings is 1. The molecule has 2 aliphatic rings. The molecule has 0 saturated carbocycles. The summed E-state index contributed by atoms with van der Waals surface area (Å²) in [5.41, 5.74) is 1.17. The zero-order valence-corrected chi connectivity index (χ0v) is 18.0. The molecule has 2 fully saturated rings. The fourth-order valence-electron chi connectivity index (χ4n) is 4.50. The molecule has 2 heterocycles. The molecule has 0 bridgehead atoms. The molecule has 0 N–H and O–H groups in total. The summed E-state index contributed by atoms with van der Waals surface area (Å²) in [4.78, 5) is 17.3. The molecule has 28 heavy (non-hydrogen) atoms. The van der Waals surface area contributed by atoms with Gasteiger partial charge in [-0.1, -0.05) is 19.1 Å². The Labute approximate surface area is 168 Å². The second-order valence-electron chi connectivity index (χ2n) is 8.02. The molecule has 0 radical (unpaired) electrons. The Hall–Kier alpha value is -1.60. The van der Waals surface area contributed by atoms with Crippen LogP contribution in [0.1, 0.15) is 51.1 Å². The molecule has 2 saturated heterocycles. The van der Waals surface area contributed by atoms with Gasteiger partial charge in [-0.3, -0.25) is 9.69 Å². The van der Waals surface area contributed by atoms with Gasteiger partial charge in [0.1, 0.15) is 5.75 Å². The number of ether oxygens (including phenoxy) is 1. The van der Waals surface area contributed by atoms with E-state index < -0.39 is 9.84 Å². The van der Waals surface area contributed by atoms with Crippen LogP contribution in [0.3, 0.4) is 0 Å². The van der Waals surface area contributed by atoms with Gasteiger partial charge in [0.15, 0.2) is 9.84 Å². The molecular weight excluding hydrogens is 376 g/mol. The molecule has 7 heteroatoms. The number of likely N-dealkylation sites (tertiary alicyclic amines) is 1. The van der Waals surface area contributed by atoms with Gasteiger partial charge in [0, 0.05) is 18.1 Å². The highest BCUT2D eigenvalue weighted by Gasteiger charge is 2.38. The number of carbonyl (C=O) groups excluding carboxylic acids is 1. The fourth-order valence-corrected chi connectivity index (χ4v) is 6.21. The molecule has 1 amide bonds. The molecule has 2 aliphatic heterocycles. The number of nitrogens with zero attached hydrogens (tertiary/aromatic N) is 2. The quantitative estimate of drug-likeness (QED) is 0.694. The van der Waals surface area contributed by atoms with E-state index in [4.69, 9.17) is 4.74 Å². The molecule has 3 atom stereocenters. The second-order valence-corrected chi connectivity index (χ2v) is 10.2. The number of hydrogen-bond acceptors (Lipinski definition) is 5. The average molecular weight is 409 g/mol. The zero-order chi connectivity index (χ0) is 20.3. The Morgan fingerprint density at radius 1 is 1.36 bits per heavy atom. The van der Waals surface area contributed by atoms with E-state index in [9.17, 15) is 13.2 Å². The number of sulfone groups is 1. The Balaban J connectivity index is 1.74. The molecule has 6 nitrogen and oxygen atoms in total. The van der Waals surface area contributed by atoms with Crippen LogP contribution in [0.4, 0.5) is 0 Å². The van der Waals surface area contributed by atoms with Gasteiger partial charge in [-0.05, 0) is 56.8 Å². The summed E-state index contributed by atoms with van der Waals surface area (Å²) in [6, 6.07) is 8.11. The van der Waals surface area contributed by atoms with E-state index in [2.05, 4.69) is 11.0 Å². The van der Waals surface area contributed by atoms with Gasteiger partial charge in [0.25, 0.3) is 0 Å². The summed E-state index contributed by atoms with van der Waals surface area (Å²) < 4.78 is 29.3. The van der Waals surface area contributed by atoms with Crippen molar-refractivity contribution in [3.8, 4) is 5.75 Å². The number of hydrogen-bond donors (Lipinski definition) is 0. The van der Waals surface area contributed by atoms with Crippen molar-refractivity contribution in [2.24, 2.45) is 0 Å². The van der Waals surface area contributed by atoms with Crippen molar-refractivity contribution >= 4 is 15.7 Å². The first-order valence-electron chi connectivity index (χ1n) is 10.2. The molecule has 0 aliphatic carbocycles. The van der Waals surface area contributed by atoms with E-state index >= 15 is 0 Å². The van der Waals surface area contributed by atoms with Crippen molar-refractivity contribution < 1.29 is 17.9 Å². The molecular formula is C21H32N2O4S. The molecule has 3 unspecified atom stereocenters. The standard InChI is InChI=1S/C21H32N2O4S/c1-4-16(2)23(18-10-12-28(25,26)15-18)21(24)14-22-11-6-9-20(22)17-7-5-8-19(13-17)27-3/h5,7-8,13,16,18,20H,4,6,9-12,14-15H2,1-3H3. The van der Waals surface area contributed by atoms with Crippen LogP contribution in [0.2, 0.25) is 0 Å². The molecule has 0 aromatic heterocycles. The maximum Gasteiger partial charge on any atom is 0.237 e. The largest absolute Gasteiger partial charge is 0.497 e. The lowest BCUT2D eigenvalue weighted by molar-refractivity contribution is -0.137. The first-order chi connectivity index (χ1) is 13.3. The van der Waals surface area contributed by atoms with E-state index in [-0.39, 0.29) is 35.5 Å². The highest BCUT2D eigenvalue weighted by Crippen LogP contribution is 2.33. The Morgan fingerprint density at radius 2 is 2.14 bits per heavy atom. The predicted octanol–water partition coefficient (Wildman–Crippen LogP) is 2.65. The van der Waals surface area contributed by atoms with Gasteiger partial charge in [-0.25, -0.2) is 8.42 Å². The lowest BCUT2D eigenvalue weighted by atomic mass is 10.0. The van der Waals surface area contributed by atoms with Crippen LogP contribution in [0.15, 0.2) is 24.3 Å². The number of rotatable bonds is 7. The van der Waals surface area contributed by atoms with Crippen molar-refractivity contribution in [1.29, 1.82) is 0 Å². The summed E-state index contributed by atoms with van der Waals surface area (Å²) in [5, 5.41) is 0. The molecule has 0 spiro atoms. The van der Waals surface area contributed by atoms with Crippen molar-refractivity contribution in [2.45, 2.75) is 57.7 Å². The van der Waals surface area contributed by atoms with Gasteiger partial charge in [0.05, 0.1) is 25.2 Å². The van der Waals surface area contributed by atoms with Crippen LogP contribution >= 0.6 is 0 Å². The minimum absolute atomic E-state index is 0.0451. The molecule has 3 rings (SSSR count). The van der Waals surface area contributed by atoms with E-state index in [1.165, 1.54) is 5.56 Å². The minimum Gasteiger partial charge on any atom is -0.497 e. The van der Waals surface area contributed by atoms with Crippen molar-refractivity contribution in [3.05, 3.63) is 29.8 Å². The summed E-state index contributed by atoms with van der Waals surface area (Å²) in [5.74, 6) is 1.16. The number of methoxy groups -OCH3 is 1. The lowest BCUT2D eigenvalue weighted by Crippen LogP contribution is -2.50. The summed E-state index contributed by atoms with van der Waals surface area (Å²) in [7, 11) is -1.36. The normalized spacial score (nSPS) is 25.5. The number of amides is 1. The van der Waals surface area contributed by atoms with Gasteiger partial charge in [0.2, 0.25) is 5.91 Å². The van der Waals surface area contributed by atoms with Gasteiger partial charge >= 0.3 is 0 Å². The zero-order valence-electron chi connectivity index (χ0n) is 17.1. The van der Waals surface area contributed by atoms with E-state index in [1.807, 2.05) is 36.9 Å². The molecule has 156 valence electrons. The van der Waals surface area contributed by atoms with Crippen LogP contribution in [0, 0.1) is 0 Å². The minimum atomic E-state index is -3.03. The highest BCUT2D eigenvalue weighted by atomic mass is 32.2. The third-order valence-electron chi connectivity index (χ3n) is 6.14. The van der Waals surface area contributed by atoms with E-state index in [0.29, 0.717) is 13.0 Å². The third kappa shape index (κ3) is 4.69. The Morgan fingerprint density at radius 3 is 2.79 bits per heavy atom. The fraction of sp³-hybridized carbons (Fsp3) is 0.667. The first-order valence-corrected chi connectivity index (χ1v) is 12.1. The predicted molar refractivity (Wildman–Crippen MR) is 110 cm³/mol. The SMILES string of the molecule is CCC(C)N(C(=O)CN1CCCC1c1cccc(OC)c1)C1CCS(=O)(=O)C1. The van der Waals surface area contributed by atoms with E-state index in [0.717, 1.165) is 31.6 Å². The Kier molecular flexibility index (Phi) is 6.65. The van der Waals surface area contributed by atoms with E-state index in [1.54, 1.807) is 7.11 Å². The van der Waals surface area contributed by atoms with Crippen LogP contribution in [0.25, 0.3) is 0 Å². The maximum atomic E-state index is 13.3. The van der Waals surface area contributed by atoms with Crippen molar-refractivity contribution in [1.82, 2.24) is 9.80 Å². The van der Waals surface area contributed by atoms with Gasteiger partial charge in [-0.15, -0.1) is 0 Å². The molecule has 1 aromatic rings. The summed E-state index contributed by atoms with van der Waals surface area (Å²) in [6.07, 6.45) is 3.44. The van der Waals surface area contributed by atoms with Gasteiger partial charge in [-0.2, -0.15) is 0 Å². The maximum absolute atomic E-state index is 13.3. The monoisotopic (exact) mass is 408 g/mol. The van der Waals surface area contributed by atoms with Crippen molar-refractivity contribution in [2.75, 3.05) is 31.7 Å². The smallest absolute Gasteiger partial charge is 0.237 e. The van der Waals surface area contributed by atoms with Crippen LogP contribution in [-0.4, -0.2) is 67.9 Å².